The lowest BCUT2D eigenvalue weighted by molar-refractivity contribution is 0.667. The molecule has 0 amide bonds. The lowest BCUT2D eigenvalue weighted by Crippen LogP contribution is -2.15. The van der Waals surface area contributed by atoms with Crippen molar-refractivity contribution in [2.45, 2.75) is 32.7 Å². The van der Waals surface area contributed by atoms with Gasteiger partial charge >= 0.3 is 0 Å². The molecule has 210 valence electrons. The molecule has 1 aliphatic rings. The van der Waals surface area contributed by atoms with Gasteiger partial charge in [0.05, 0.1) is 11.0 Å². The number of aryl methyl sites for hydroxylation is 1. The summed E-state index contributed by atoms with van der Waals surface area (Å²) in [6.07, 6.45) is 0. The Labute approximate surface area is 257 Å². The van der Waals surface area contributed by atoms with Gasteiger partial charge in [0, 0.05) is 17.5 Å². The van der Waals surface area contributed by atoms with Gasteiger partial charge in [-0.2, -0.15) is 0 Å². The topological polar surface area (TPSA) is 17.8 Å². The fourth-order valence-corrected chi connectivity index (χ4v) is 7.83. The first-order valence-electron chi connectivity index (χ1n) is 15.6. The summed E-state index contributed by atoms with van der Waals surface area (Å²) >= 11 is 0. The number of imidazole rings is 1. The zero-order valence-corrected chi connectivity index (χ0v) is 25.2. The highest BCUT2D eigenvalue weighted by molar-refractivity contribution is 6.19. The highest BCUT2D eigenvalue weighted by Gasteiger charge is 2.38. The molecule has 44 heavy (non-hydrogen) atoms. The molecule has 0 saturated carbocycles. The summed E-state index contributed by atoms with van der Waals surface area (Å²) in [5.41, 5.74) is 11.3. The van der Waals surface area contributed by atoms with Gasteiger partial charge in [-0.3, -0.25) is 0 Å². The predicted molar refractivity (Wildman–Crippen MR) is 186 cm³/mol. The number of para-hydroxylation sites is 2. The van der Waals surface area contributed by atoms with Crippen molar-refractivity contribution in [2.75, 3.05) is 0 Å². The number of rotatable bonds is 3. The third-order valence-corrected chi connectivity index (χ3v) is 9.92. The number of hydrogen-bond acceptors (Lipinski definition) is 1. The summed E-state index contributed by atoms with van der Waals surface area (Å²) in [7, 11) is 0. The normalized spacial score (nSPS) is 13.6. The van der Waals surface area contributed by atoms with E-state index in [0.29, 0.717) is 0 Å². The Morgan fingerprint density at radius 2 is 1.23 bits per heavy atom. The summed E-state index contributed by atoms with van der Waals surface area (Å²) in [6, 6.07) is 47.0. The van der Waals surface area contributed by atoms with Crippen molar-refractivity contribution in [1.82, 2.24) is 9.55 Å². The predicted octanol–water partition coefficient (Wildman–Crippen LogP) is 11.2. The van der Waals surface area contributed by atoms with Crippen molar-refractivity contribution in [1.29, 1.82) is 0 Å². The van der Waals surface area contributed by atoms with Crippen LogP contribution in [0.3, 0.4) is 0 Å². The fourth-order valence-electron chi connectivity index (χ4n) is 7.83. The molecule has 1 aromatic heterocycles. The molecule has 7 aromatic carbocycles. The molecule has 1 heterocycles. The van der Waals surface area contributed by atoms with Crippen molar-refractivity contribution in [3.63, 3.8) is 0 Å². The van der Waals surface area contributed by atoms with Crippen LogP contribution < -0.4 is 0 Å². The van der Waals surface area contributed by atoms with Crippen LogP contribution in [0.4, 0.5) is 0 Å². The van der Waals surface area contributed by atoms with Gasteiger partial charge in [-0.05, 0) is 103 Å². The second kappa shape index (κ2) is 9.14. The minimum absolute atomic E-state index is 0.106. The maximum atomic E-state index is 4.96. The number of hydrogen-bond donors (Lipinski definition) is 0. The van der Waals surface area contributed by atoms with E-state index in [4.69, 9.17) is 4.98 Å². The maximum Gasteiger partial charge on any atom is 0.141 e. The molecule has 0 bridgehead atoms. The first-order valence-corrected chi connectivity index (χ1v) is 15.6. The fraction of sp³-hybridized carbons (Fsp3) is 0.119. The summed E-state index contributed by atoms with van der Waals surface area (Å²) in [6.45, 7) is 7.87. The van der Waals surface area contributed by atoms with Gasteiger partial charge in [0.1, 0.15) is 5.82 Å². The third kappa shape index (κ3) is 3.45. The Morgan fingerprint density at radius 1 is 0.591 bits per heavy atom. The summed E-state index contributed by atoms with van der Waals surface area (Å²) in [4.78, 5) is 4.96. The second-order valence-corrected chi connectivity index (χ2v) is 12.7. The molecule has 0 saturated heterocycles. The molecular formula is C42H32N2. The molecule has 2 heteroatoms. The Hall–Kier alpha value is -5.21. The van der Waals surface area contributed by atoms with Gasteiger partial charge in [0.2, 0.25) is 0 Å². The number of fused-ring (bicyclic) bond motifs is 10. The van der Waals surface area contributed by atoms with Crippen molar-refractivity contribution in [3.05, 3.63) is 139 Å². The molecule has 0 N–H and O–H groups in total. The Morgan fingerprint density at radius 3 is 2.00 bits per heavy atom. The van der Waals surface area contributed by atoms with E-state index < -0.39 is 0 Å². The minimum atomic E-state index is -0.106. The highest BCUT2D eigenvalue weighted by Crippen LogP contribution is 2.55. The number of aromatic nitrogens is 2. The van der Waals surface area contributed by atoms with Gasteiger partial charge in [0.25, 0.3) is 0 Å². The van der Waals surface area contributed by atoms with E-state index in [1.54, 1.807) is 0 Å². The van der Waals surface area contributed by atoms with E-state index in [9.17, 15) is 0 Å². The highest BCUT2D eigenvalue weighted by atomic mass is 15.1. The van der Waals surface area contributed by atoms with Crippen LogP contribution in [0.15, 0.2) is 127 Å². The number of nitrogens with zero attached hydrogens (tertiary/aromatic N) is 2. The van der Waals surface area contributed by atoms with Crippen molar-refractivity contribution >= 4 is 43.4 Å². The largest absolute Gasteiger partial charge is 0.324 e. The molecule has 8 aromatic rings. The summed E-state index contributed by atoms with van der Waals surface area (Å²) in [5, 5.41) is 7.95. The lowest BCUT2D eigenvalue weighted by Gasteiger charge is -2.24. The van der Waals surface area contributed by atoms with E-state index in [1.807, 2.05) is 0 Å². The van der Waals surface area contributed by atoms with Crippen molar-refractivity contribution in [3.8, 4) is 33.6 Å². The van der Waals surface area contributed by atoms with Crippen LogP contribution >= 0.6 is 0 Å². The molecule has 2 nitrogen and oxygen atoms in total. The van der Waals surface area contributed by atoms with E-state index in [2.05, 4.69) is 153 Å². The van der Waals surface area contributed by atoms with Crippen LogP contribution in [-0.2, 0) is 12.0 Å². The molecule has 0 unspecified atom stereocenters. The Bertz CT molecular complexity index is 2440. The van der Waals surface area contributed by atoms with Crippen molar-refractivity contribution < 1.29 is 0 Å². The molecule has 0 atom stereocenters. The minimum Gasteiger partial charge on any atom is -0.324 e. The first kappa shape index (κ1) is 25.3. The molecule has 1 aliphatic carbocycles. The zero-order chi connectivity index (χ0) is 29.6. The molecule has 9 rings (SSSR count). The van der Waals surface area contributed by atoms with Gasteiger partial charge in [-0.1, -0.05) is 111 Å². The molecular weight excluding hydrogens is 532 g/mol. The van der Waals surface area contributed by atoms with Crippen LogP contribution in [0, 0.1) is 0 Å². The van der Waals surface area contributed by atoms with E-state index in [0.717, 1.165) is 23.4 Å². The quantitative estimate of drug-likeness (QED) is 0.195. The average Bonchev–Trinajstić information content (AvgIpc) is 3.56. The van der Waals surface area contributed by atoms with Crippen LogP contribution in [-0.4, -0.2) is 9.55 Å². The van der Waals surface area contributed by atoms with Gasteiger partial charge in [0.15, 0.2) is 0 Å². The van der Waals surface area contributed by atoms with Crippen LogP contribution in [0.5, 0.6) is 0 Å². The van der Waals surface area contributed by atoms with Crippen LogP contribution in [0.25, 0.3) is 77.0 Å². The van der Waals surface area contributed by atoms with Gasteiger partial charge in [-0.25, -0.2) is 4.98 Å². The zero-order valence-electron chi connectivity index (χ0n) is 25.2. The molecule has 0 aliphatic heterocycles. The monoisotopic (exact) mass is 564 g/mol. The summed E-state index contributed by atoms with van der Waals surface area (Å²) < 4.78 is 2.30. The van der Waals surface area contributed by atoms with E-state index in [1.165, 1.54) is 71.2 Å². The molecule has 0 radical (unpaired) electrons. The third-order valence-electron chi connectivity index (χ3n) is 9.92. The average molecular weight is 565 g/mol. The standard InChI is InChI=1S/C42H32N2/c1-4-44-38-16-10-9-15-37(38)43-41(44)27-19-17-26(18-20-27)28-21-22-29-24-35-36(25-30(29)23-28)42(2,3)40-34-14-8-6-12-32(34)31-11-5-7-13-33(31)39(35)40/h5-25H,4H2,1-3H3. The SMILES string of the molecule is CCn1c(-c2ccc(-c3ccc4cc5c(cc4c3)C(C)(C)c3c-5c4ccccc4c4ccccc34)cc2)nc2ccccc21. The Balaban J connectivity index is 1.17. The smallest absolute Gasteiger partial charge is 0.141 e. The van der Waals surface area contributed by atoms with Crippen LogP contribution in [0.1, 0.15) is 31.9 Å². The van der Waals surface area contributed by atoms with Gasteiger partial charge in [-0.15, -0.1) is 0 Å². The maximum absolute atomic E-state index is 4.96. The second-order valence-electron chi connectivity index (χ2n) is 12.7. The Kier molecular flexibility index (Phi) is 5.26. The van der Waals surface area contributed by atoms with Gasteiger partial charge < -0.3 is 4.57 Å². The van der Waals surface area contributed by atoms with E-state index >= 15 is 0 Å². The van der Waals surface area contributed by atoms with Crippen molar-refractivity contribution in [2.24, 2.45) is 0 Å². The van der Waals surface area contributed by atoms with Crippen LogP contribution in [0.2, 0.25) is 0 Å². The first-order chi connectivity index (χ1) is 21.5. The van der Waals surface area contributed by atoms with E-state index in [-0.39, 0.29) is 5.41 Å². The molecule has 0 spiro atoms. The lowest BCUT2D eigenvalue weighted by atomic mass is 9.79. The molecule has 0 fully saturated rings. The summed E-state index contributed by atoms with van der Waals surface area (Å²) in [5.74, 6) is 1.02. The number of benzene rings is 7.